The highest BCUT2D eigenvalue weighted by Crippen LogP contribution is 2.30. The Kier molecular flexibility index (Phi) is 5.62. The molecule has 138 valence electrons. The van der Waals surface area contributed by atoms with Crippen LogP contribution in [-0.4, -0.2) is 36.4 Å². The molecule has 3 aromatic rings. The summed E-state index contributed by atoms with van der Waals surface area (Å²) in [5.74, 6) is 1.55. The number of aryl methyl sites for hydroxylation is 1. The van der Waals surface area contributed by atoms with E-state index in [0.29, 0.717) is 11.3 Å². The van der Waals surface area contributed by atoms with Crippen LogP contribution in [0.15, 0.2) is 52.3 Å². The van der Waals surface area contributed by atoms with E-state index in [1.807, 2.05) is 30.3 Å². The maximum atomic E-state index is 12.4. The number of thioether (sulfide) groups is 1. The van der Waals surface area contributed by atoms with Crippen LogP contribution in [0, 0.1) is 0 Å². The van der Waals surface area contributed by atoms with E-state index < -0.39 is 10.0 Å². The van der Waals surface area contributed by atoms with Crippen LogP contribution in [0.4, 0.5) is 0 Å². The molecule has 1 heterocycles. The fraction of sp³-hybridized carbons (Fsp3) is 0.278. The molecule has 0 radical (unpaired) electrons. The number of hydrogen-bond donors (Lipinski definition) is 0. The van der Waals surface area contributed by atoms with Crippen LogP contribution in [0.5, 0.6) is 0 Å². The predicted molar refractivity (Wildman–Crippen MR) is 107 cm³/mol. The molecule has 1 aromatic heterocycles. The first kappa shape index (κ1) is 19.2. The van der Waals surface area contributed by atoms with Gasteiger partial charge in [-0.25, -0.2) is 17.7 Å². The molecule has 5 nitrogen and oxygen atoms in total. The van der Waals surface area contributed by atoms with Gasteiger partial charge >= 0.3 is 0 Å². The van der Waals surface area contributed by atoms with Gasteiger partial charge in [0.05, 0.1) is 26.7 Å². The predicted octanol–water partition coefficient (Wildman–Crippen LogP) is 4.25. The lowest BCUT2D eigenvalue weighted by Gasteiger charge is -2.11. The first-order chi connectivity index (χ1) is 12.3. The summed E-state index contributed by atoms with van der Waals surface area (Å²) in [5, 5.41) is 0.719. The Morgan fingerprint density at radius 2 is 1.92 bits per heavy atom. The standard InChI is InChI=1S/C18H20ClN3O2S2/c1-4-22-16-10-9-13(26(23,24)21(2)3)11-15(16)20-18(22)12-25-17-8-6-5-7-14(17)19/h5-11H,4,12H2,1-3H3. The molecule has 2 aromatic carbocycles. The van der Waals surface area contributed by atoms with Crippen molar-refractivity contribution >= 4 is 44.4 Å². The van der Waals surface area contributed by atoms with E-state index in [9.17, 15) is 8.42 Å². The van der Waals surface area contributed by atoms with Crippen molar-refractivity contribution in [3.05, 3.63) is 53.3 Å². The topological polar surface area (TPSA) is 55.2 Å². The Balaban J connectivity index is 1.97. The van der Waals surface area contributed by atoms with Gasteiger partial charge in [-0.15, -0.1) is 11.8 Å². The normalized spacial score (nSPS) is 12.2. The number of benzene rings is 2. The zero-order valence-electron chi connectivity index (χ0n) is 14.8. The van der Waals surface area contributed by atoms with Gasteiger partial charge < -0.3 is 4.57 Å². The Morgan fingerprint density at radius 1 is 1.19 bits per heavy atom. The molecule has 0 saturated heterocycles. The smallest absolute Gasteiger partial charge is 0.242 e. The van der Waals surface area contributed by atoms with Gasteiger partial charge in [-0.2, -0.15) is 0 Å². The zero-order chi connectivity index (χ0) is 18.9. The van der Waals surface area contributed by atoms with Crippen LogP contribution >= 0.6 is 23.4 Å². The number of halogens is 1. The van der Waals surface area contributed by atoms with Gasteiger partial charge in [0.2, 0.25) is 10.0 Å². The minimum Gasteiger partial charge on any atom is -0.328 e. The van der Waals surface area contributed by atoms with E-state index in [2.05, 4.69) is 16.5 Å². The van der Waals surface area contributed by atoms with Crippen molar-refractivity contribution in [3.63, 3.8) is 0 Å². The molecule has 8 heteroatoms. The summed E-state index contributed by atoms with van der Waals surface area (Å²) < 4.78 is 28.0. The van der Waals surface area contributed by atoms with Gasteiger partial charge in [0, 0.05) is 25.5 Å². The molecule has 0 aliphatic rings. The molecule has 0 saturated carbocycles. The van der Waals surface area contributed by atoms with Crippen molar-refractivity contribution in [2.75, 3.05) is 14.1 Å². The molecule has 0 amide bonds. The number of imidazole rings is 1. The van der Waals surface area contributed by atoms with Gasteiger partial charge in [0.25, 0.3) is 0 Å². The second-order valence-corrected chi connectivity index (χ2v) is 9.51. The first-order valence-corrected chi connectivity index (χ1v) is 10.9. The van der Waals surface area contributed by atoms with E-state index >= 15 is 0 Å². The fourth-order valence-corrected chi connectivity index (χ4v) is 4.81. The van der Waals surface area contributed by atoms with Crippen LogP contribution in [0.1, 0.15) is 12.7 Å². The molecule has 0 aliphatic heterocycles. The highest BCUT2D eigenvalue weighted by molar-refractivity contribution is 7.98. The number of hydrogen-bond acceptors (Lipinski definition) is 4. The van der Waals surface area contributed by atoms with Crippen molar-refractivity contribution in [2.45, 2.75) is 29.0 Å². The van der Waals surface area contributed by atoms with E-state index in [-0.39, 0.29) is 4.90 Å². The largest absolute Gasteiger partial charge is 0.328 e. The minimum absolute atomic E-state index is 0.251. The monoisotopic (exact) mass is 409 g/mol. The third-order valence-corrected chi connectivity index (χ3v) is 7.41. The number of rotatable bonds is 6. The SMILES string of the molecule is CCn1c(CSc2ccccc2Cl)nc2cc(S(=O)(=O)N(C)C)ccc21. The number of aromatic nitrogens is 2. The molecule has 0 N–H and O–H groups in total. The van der Waals surface area contributed by atoms with Crippen LogP contribution in [0.3, 0.4) is 0 Å². The first-order valence-electron chi connectivity index (χ1n) is 8.13. The lowest BCUT2D eigenvalue weighted by Crippen LogP contribution is -2.22. The lowest BCUT2D eigenvalue weighted by atomic mass is 10.3. The number of sulfonamides is 1. The molecule has 0 unspecified atom stereocenters. The Morgan fingerprint density at radius 3 is 2.58 bits per heavy atom. The summed E-state index contributed by atoms with van der Waals surface area (Å²) in [4.78, 5) is 5.93. The highest BCUT2D eigenvalue weighted by atomic mass is 35.5. The van der Waals surface area contributed by atoms with Crippen molar-refractivity contribution in [1.82, 2.24) is 13.9 Å². The lowest BCUT2D eigenvalue weighted by molar-refractivity contribution is 0.521. The molecule has 0 aliphatic carbocycles. The van der Waals surface area contributed by atoms with E-state index in [1.165, 1.54) is 18.4 Å². The summed E-state index contributed by atoms with van der Waals surface area (Å²) in [5.41, 5.74) is 1.62. The Hall–Kier alpha value is -1.54. The summed E-state index contributed by atoms with van der Waals surface area (Å²) in [6, 6.07) is 12.8. The Bertz CT molecular complexity index is 1050. The molecule has 0 atom stereocenters. The Labute approximate surface area is 163 Å². The molecule has 3 rings (SSSR count). The van der Waals surface area contributed by atoms with Crippen molar-refractivity contribution in [1.29, 1.82) is 0 Å². The van der Waals surface area contributed by atoms with Crippen LogP contribution in [0.2, 0.25) is 5.02 Å². The summed E-state index contributed by atoms with van der Waals surface area (Å²) in [7, 11) is -0.431. The maximum absolute atomic E-state index is 12.4. The zero-order valence-corrected chi connectivity index (χ0v) is 17.2. The summed E-state index contributed by atoms with van der Waals surface area (Å²) in [6.07, 6.45) is 0. The third-order valence-electron chi connectivity index (χ3n) is 4.09. The molecule has 0 bridgehead atoms. The summed E-state index contributed by atoms with van der Waals surface area (Å²) >= 11 is 7.84. The third kappa shape index (κ3) is 3.62. The fourth-order valence-electron chi connectivity index (χ4n) is 2.70. The second kappa shape index (κ2) is 7.60. The molecule has 26 heavy (non-hydrogen) atoms. The highest BCUT2D eigenvalue weighted by Gasteiger charge is 2.19. The van der Waals surface area contributed by atoms with E-state index in [4.69, 9.17) is 11.6 Å². The van der Waals surface area contributed by atoms with E-state index in [0.717, 1.165) is 27.8 Å². The number of nitrogens with zero attached hydrogens (tertiary/aromatic N) is 3. The summed E-state index contributed by atoms with van der Waals surface area (Å²) in [6.45, 7) is 2.81. The van der Waals surface area contributed by atoms with Crippen LogP contribution in [-0.2, 0) is 22.3 Å². The van der Waals surface area contributed by atoms with Crippen molar-refractivity contribution in [2.24, 2.45) is 0 Å². The maximum Gasteiger partial charge on any atom is 0.242 e. The average molecular weight is 410 g/mol. The molecule has 0 fully saturated rings. The van der Waals surface area contributed by atoms with Gasteiger partial charge in [-0.05, 0) is 37.3 Å². The van der Waals surface area contributed by atoms with Gasteiger partial charge in [0.1, 0.15) is 5.82 Å². The van der Waals surface area contributed by atoms with Crippen molar-refractivity contribution < 1.29 is 8.42 Å². The van der Waals surface area contributed by atoms with Crippen molar-refractivity contribution in [3.8, 4) is 0 Å². The minimum atomic E-state index is -3.48. The van der Waals surface area contributed by atoms with E-state index in [1.54, 1.807) is 23.9 Å². The molecular formula is C18H20ClN3O2S2. The number of fused-ring (bicyclic) bond motifs is 1. The van der Waals surface area contributed by atoms with Gasteiger partial charge in [-0.1, -0.05) is 23.7 Å². The molecular weight excluding hydrogens is 390 g/mol. The van der Waals surface area contributed by atoms with Crippen LogP contribution < -0.4 is 0 Å². The second-order valence-electron chi connectivity index (χ2n) is 5.93. The quantitative estimate of drug-likeness (QED) is 0.571. The average Bonchev–Trinajstić information content (AvgIpc) is 2.97. The molecule has 0 spiro atoms. The van der Waals surface area contributed by atoms with Gasteiger partial charge in [0.15, 0.2) is 0 Å². The van der Waals surface area contributed by atoms with Crippen LogP contribution in [0.25, 0.3) is 11.0 Å². The van der Waals surface area contributed by atoms with Gasteiger partial charge in [-0.3, -0.25) is 0 Å².